The van der Waals surface area contributed by atoms with Gasteiger partial charge in [0.15, 0.2) is 0 Å². The van der Waals surface area contributed by atoms with Gasteiger partial charge in [0.25, 0.3) is 5.91 Å². The van der Waals surface area contributed by atoms with E-state index in [9.17, 15) is 4.79 Å². The second kappa shape index (κ2) is 6.74. The molecule has 0 radical (unpaired) electrons. The van der Waals surface area contributed by atoms with Crippen LogP contribution in [0, 0.1) is 12.8 Å². The number of nitrogens with zero attached hydrogens (tertiary/aromatic N) is 1. The maximum absolute atomic E-state index is 12.2. The molecule has 1 heterocycles. The fourth-order valence-electron chi connectivity index (χ4n) is 2.46. The molecule has 1 fully saturated rings. The molecule has 2 rings (SSSR count). The van der Waals surface area contributed by atoms with Gasteiger partial charge in [-0.15, -0.1) is 0 Å². The van der Waals surface area contributed by atoms with Crippen molar-refractivity contribution in [3.8, 4) is 0 Å². The number of aliphatic hydroxyl groups is 1. The molecule has 0 saturated heterocycles. The first kappa shape index (κ1) is 15.5. The number of carbonyl (C=O) groups excluding carboxylic acids is 1. The van der Waals surface area contributed by atoms with Crippen LogP contribution < -0.4 is 5.32 Å². The predicted molar refractivity (Wildman–Crippen MR) is 79.3 cm³/mol. The van der Waals surface area contributed by atoms with Crippen LogP contribution in [0.1, 0.15) is 41.7 Å². The minimum Gasteiger partial charge on any atom is -0.396 e. The van der Waals surface area contributed by atoms with Crippen LogP contribution in [0.15, 0.2) is 6.20 Å². The quantitative estimate of drug-likeness (QED) is 0.901. The number of halogens is 2. The number of aromatic nitrogens is 1. The Morgan fingerprint density at radius 2 is 2.00 bits per heavy atom. The molecule has 0 aliphatic heterocycles. The maximum Gasteiger partial charge on any atom is 0.254 e. The summed E-state index contributed by atoms with van der Waals surface area (Å²) in [6.45, 7) is 1.97. The molecule has 1 aliphatic carbocycles. The lowest BCUT2D eigenvalue weighted by Gasteiger charge is -2.28. The zero-order valence-corrected chi connectivity index (χ0v) is 12.8. The maximum atomic E-state index is 12.2. The second-order valence-electron chi connectivity index (χ2n) is 5.26. The molecule has 0 unspecified atom stereocenters. The van der Waals surface area contributed by atoms with Crippen molar-refractivity contribution in [2.24, 2.45) is 5.92 Å². The SMILES string of the molecule is Cc1ncc(C(=O)NC2CCC(CO)CC2)c(Cl)c1Cl. The topological polar surface area (TPSA) is 62.2 Å². The normalized spacial score (nSPS) is 22.6. The number of amides is 1. The Balaban J connectivity index is 2.01. The lowest BCUT2D eigenvalue weighted by molar-refractivity contribution is 0.0913. The number of aryl methyl sites for hydroxylation is 1. The molecule has 1 saturated carbocycles. The van der Waals surface area contributed by atoms with Crippen LogP contribution in [0.2, 0.25) is 10.0 Å². The molecule has 0 spiro atoms. The lowest BCUT2D eigenvalue weighted by atomic mass is 9.86. The van der Waals surface area contributed by atoms with E-state index in [2.05, 4.69) is 10.3 Å². The molecule has 2 N–H and O–H groups in total. The number of aliphatic hydroxyl groups excluding tert-OH is 1. The highest BCUT2D eigenvalue weighted by Gasteiger charge is 2.23. The molecule has 1 aliphatic rings. The van der Waals surface area contributed by atoms with Gasteiger partial charge in [-0.25, -0.2) is 0 Å². The largest absolute Gasteiger partial charge is 0.396 e. The minimum atomic E-state index is -0.239. The van der Waals surface area contributed by atoms with E-state index in [0.29, 0.717) is 22.2 Å². The van der Waals surface area contributed by atoms with Crippen molar-refractivity contribution < 1.29 is 9.90 Å². The first-order valence-corrected chi connectivity index (χ1v) is 7.50. The van der Waals surface area contributed by atoms with Gasteiger partial charge in [-0.3, -0.25) is 9.78 Å². The van der Waals surface area contributed by atoms with Gasteiger partial charge in [0.2, 0.25) is 0 Å². The molecule has 1 amide bonds. The van der Waals surface area contributed by atoms with E-state index in [1.54, 1.807) is 6.92 Å². The van der Waals surface area contributed by atoms with Crippen molar-refractivity contribution in [1.29, 1.82) is 0 Å². The van der Waals surface area contributed by atoms with Crippen LogP contribution in [0.25, 0.3) is 0 Å². The summed E-state index contributed by atoms with van der Waals surface area (Å²) in [6, 6.07) is 0.126. The third kappa shape index (κ3) is 3.43. The van der Waals surface area contributed by atoms with Gasteiger partial charge in [0, 0.05) is 18.8 Å². The minimum absolute atomic E-state index is 0.126. The summed E-state index contributed by atoms with van der Waals surface area (Å²) in [7, 11) is 0. The van der Waals surface area contributed by atoms with Crippen LogP contribution in [-0.4, -0.2) is 28.6 Å². The van der Waals surface area contributed by atoms with Gasteiger partial charge in [0.1, 0.15) is 0 Å². The van der Waals surface area contributed by atoms with Crippen LogP contribution >= 0.6 is 23.2 Å². The smallest absolute Gasteiger partial charge is 0.254 e. The van der Waals surface area contributed by atoms with Gasteiger partial charge in [-0.2, -0.15) is 0 Å². The summed E-state index contributed by atoms with van der Waals surface area (Å²) in [5, 5.41) is 12.6. The summed E-state index contributed by atoms with van der Waals surface area (Å²) in [5.41, 5.74) is 0.920. The highest BCUT2D eigenvalue weighted by atomic mass is 35.5. The van der Waals surface area contributed by atoms with Crippen LogP contribution in [0.3, 0.4) is 0 Å². The molecule has 1 aromatic rings. The van der Waals surface area contributed by atoms with E-state index in [1.807, 2.05) is 0 Å². The van der Waals surface area contributed by atoms with Crippen molar-refractivity contribution in [2.75, 3.05) is 6.61 Å². The fourth-order valence-corrected chi connectivity index (χ4v) is 2.88. The van der Waals surface area contributed by atoms with E-state index in [-0.39, 0.29) is 23.6 Å². The highest BCUT2D eigenvalue weighted by Crippen LogP contribution is 2.28. The summed E-state index contributed by atoms with van der Waals surface area (Å²) in [6.07, 6.45) is 5.08. The Morgan fingerprint density at radius 1 is 1.35 bits per heavy atom. The van der Waals surface area contributed by atoms with Gasteiger partial charge >= 0.3 is 0 Å². The molecule has 20 heavy (non-hydrogen) atoms. The Labute approximate surface area is 128 Å². The molecular formula is C14H18Cl2N2O2. The second-order valence-corrected chi connectivity index (χ2v) is 6.01. The monoisotopic (exact) mass is 316 g/mol. The summed E-state index contributed by atoms with van der Waals surface area (Å²) in [4.78, 5) is 16.3. The molecule has 0 atom stereocenters. The van der Waals surface area contributed by atoms with E-state index in [4.69, 9.17) is 28.3 Å². The van der Waals surface area contributed by atoms with Crippen molar-refractivity contribution in [2.45, 2.75) is 38.6 Å². The van der Waals surface area contributed by atoms with Gasteiger partial charge in [0.05, 0.1) is 21.3 Å². The first-order chi connectivity index (χ1) is 9.52. The molecule has 4 nitrogen and oxygen atoms in total. The van der Waals surface area contributed by atoms with Gasteiger partial charge in [-0.1, -0.05) is 23.2 Å². The van der Waals surface area contributed by atoms with Crippen molar-refractivity contribution in [1.82, 2.24) is 10.3 Å². The fraction of sp³-hybridized carbons (Fsp3) is 0.571. The number of nitrogens with one attached hydrogen (secondary N) is 1. The Morgan fingerprint density at radius 3 is 2.60 bits per heavy atom. The standard InChI is InChI=1S/C14H18Cl2N2O2/c1-8-12(15)13(16)11(6-17-8)14(20)18-10-4-2-9(7-19)3-5-10/h6,9-10,19H,2-5,7H2,1H3,(H,18,20). The van der Waals surface area contributed by atoms with Crippen molar-refractivity contribution >= 4 is 29.1 Å². The molecule has 1 aromatic heterocycles. The highest BCUT2D eigenvalue weighted by molar-refractivity contribution is 6.44. The predicted octanol–water partition coefficient (Wildman–Crippen LogP) is 2.98. The number of rotatable bonds is 3. The summed E-state index contributed by atoms with van der Waals surface area (Å²) >= 11 is 12.1. The molecule has 0 aromatic carbocycles. The van der Waals surface area contributed by atoms with Gasteiger partial charge in [-0.05, 0) is 38.5 Å². The molecule has 110 valence electrons. The third-order valence-corrected chi connectivity index (χ3v) is 4.77. The van der Waals surface area contributed by atoms with Crippen molar-refractivity contribution in [3.63, 3.8) is 0 Å². The average Bonchev–Trinajstić information content (AvgIpc) is 2.45. The van der Waals surface area contributed by atoms with Gasteiger partial charge < -0.3 is 10.4 Å². The lowest BCUT2D eigenvalue weighted by Crippen LogP contribution is -2.38. The number of hydrogen-bond acceptors (Lipinski definition) is 3. The average molecular weight is 317 g/mol. The Bertz CT molecular complexity index is 500. The number of hydrogen-bond donors (Lipinski definition) is 2. The zero-order chi connectivity index (χ0) is 14.7. The molecule has 0 bridgehead atoms. The molecular weight excluding hydrogens is 299 g/mol. The van der Waals surface area contributed by atoms with Crippen LogP contribution in [-0.2, 0) is 0 Å². The third-order valence-electron chi connectivity index (χ3n) is 3.82. The first-order valence-electron chi connectivity index (χ1n) is 6.75. The molecule has 6 heteroatoms. The van der Waals surface area contributed by atoms with Crippen molar-refractivity contribution in [3.05, 3.63) is 27.5 Å². The van der Waals surface area contributed by atoms with E-state index < -0.39 is 0 Å². The van der Waals surface area contributed by atoms with E-state index >= 15 is 0 Å². The summed E-state index contributed by atoms with van der Waals surface area (Å²) < 4.78 is 0. The number of pyridine rings is 1. The summed E-state index contributed by atoms with van der Waals surface area (Å²) in [5.74, 6) is 0.124. The number of carbonyl (C=O) groups is 1. The van der Waals surface area contributed by atoms with Crippen LogP contribution in [0.5, 0.6) is 0 Å². The van der Waals surface area contributed by atoms with Crippen LogP contribution in [0.4, 0.5) is 0 Å². The van der Waals surface area contributed by atoms with E-state index in [0.717, 1.165) is 25.7 Å². The van der Waals surface area contributed by atoms with E-state index in [1.165, 1.54) is 6.20 Å². The Kier molecular flexibility index (Phi) is 5.24. The Hall–Kier alpha value is -0.840. The zero-order valence-electron chi connectivity index (χ0n) is 11.3.